The zero-order valence-electron chi connectivity index (χ0n) is 11.9. The minimum absolute atomic E-state index is 0.184. The number of nitrogens with one attached hydrogen (secondary N) is 1. The second kappa shape index (κ2) is 7.86. The topological polar surface area (TPSA) is 15.3 Å². The molecule has 0 aliphatic carbocycles. The van der Waals surface area contributed by atoms with Crippen LogP contribution in [0.4, 0.5) is 0 Å². The third-order valence-electron chi connectivity index (χ3n) is 2.40. The van der Waals surface area contributed by atoms with Gasteiger partial charge in [-0.25, -0.2) is 0 Å². The molecule has 0 aliphatic rings. The Morgan fingerprint density at radius 2 is 1.62 bits per heavy atom. The molecule has 0 rings (SSSR count). The van der Waals surface area contributed by atoms with Crippen LogP contribution < -0.4 is 5.32 Å². The summed E-state index contributed by atoms with van der Waals surface area (Å²) >= 11 is 0. The molecule has 0 unspecified atom stereocenters. The molecule has 0 heterocycles. The molecular formula is C14H30N2. The fraction of sp³-hybridized carbons (Fsp3) is 0.857. The van der Waals surface area contributed by atoms with Gasteiger partial charge in [0.25, 0.3) is 0 Å². The molecule has 0 atom stereocenters. The van der Waals surface area contributed by atoms with Crippen LogP contribution in [0.2, 0.25) is 0 Å². The normalized spacial score (nSPS) is 12.1. The predicted octanol–water partition coefficient (Wildman–Crippen LogP) is 3.05. The zero-order valence-corrected chi connectivity index (χ0v) is 11.9. The van der Waals surface area contributed by atoms with E-state index in [9.17, 15) is 0 Å². The highest BCUT2D eigenvalue weighted by Gasteiger charge is 2.10. The minimum atomic E-state index is 0.184. The average Bonchev–Trinajstić information content (AvgIpc) is 2.14. The van der Waals surface area contributed by atoms with Gasteiger partial charge in [0.05, 0.1) is 0 Å². The first-order chi connectivity index (χ1) is 7.39. The highest BCUT2D eigenvalue weighted by atomic mass is 15.1. The van der Waals surface area contributed by atoms with Crippen molar-refractivity contribution in [2.45, 2.75) is 53.0 Å². The van der Waals surface area contributed by atoms with Crippen molar-refractivity contribution in [3.8, 4) is 0 Å². The summed E-state index contributed by atoms with van der Waals surface area (Å²) in [5.74, 6) is 0. The van der Waals surface area contributed by atoms with Gasteiger partial charge in [-0.05, 0) is 52.3 Å². The van der Waals surface area contributed by atoms with Crippen molar-refractivity contribution in [1.82, 2.24) is 10.2 Å². The lowest BCUT2D eigenvalue weighted by molar-refractivity contribution is 0.293. The summed E-state index contributed by atoms with van der Waals surface area (Å²) in [4.78, 5) is 2.49. The highest BCUT2D eigenvalue weighted by molar-refractivity contribution is 5.01. The Hall–Kier alpha value is -0.340. The lowest BCUT2D eigenvalue weighted by Gasteiger charge is -2.25. The van der Waals surface area contributed by atoms with E-state index in [4.69, 9.17) is 0 Å². The summed E-state index contributed by atoms with van der Waals surface area (Å²) in [6.07, 6.45) is 2.44. The molecule has 16 heavy (non-hydrogen) atoms. The smallest absolute Gasteiger partial charge is 0.0202 e. The molecule has 0 aliphatic heterocycles. The van der Waals surface area contributed by atoms with Gasteiger partial charge in [0.15, 0.2) is 0 Å². The molecule has 0 amide bonds. The molecule has 0 saturated heterocycles. The maximum absolute atomic E-state index is 4.16. The van der Waals surface area contributed by atoms with Crippen molar-refractivity contribution in [2.75, 3.05) is 26.2 Å². The number of hydrogen-bond acceptors (Lipinski definition) is 2. The lowest BCUT2D eigenvalue weighted by atomic mass is 10.1. The van der Waals surface area contributed by atoms with Gasteiger partial charge in [-0.2, -0.15) is 0 Å². The van der Waals surface area contributed by atoms with Gasteiger partial charge in [0.2, 0.25) is 0 Å². The van der Waals surface area contributed by atoms with Gasteiger partial charge in [-0.15, -0.1) is 0 Å². The SMILES string of the molecule is C=C(CNC(C)(C)C)CN(CCC)CCC. The molecular weight excluding hydrogens is 196 g/mol. The molecule has 96 valence electrons. The van der Waals surface area contributed by atoms with E-state index in [1.165, 1.54) is 31.5 Å². The first-order valence-corrected chi connectivity index (χ1v) is 6.53. The second-order valence-corrected chi connectivity index (χ2v) is 5.63. The number of rotatable bonds is 8. The quantitative estimate of drug-likeness (QED) is 0.640. The van der Waals surface area contributed by atoms with Crippen molar-refractivity contribution in [3.63, 3.8) is 0 Å². The average molecular weight is 226 g/mol. The van der Waals surface area contributed by atoms with E-state index >= 15 is 0 Å². The van der Waals surface area contributed by atoms with Crippen LogP contribution in [0.15, 0.2) is 12.2 Å². The zero-order chi connectivity index (χ0) is 12.6. The van der Waals surface area contributed by atoms with E-state index in [0.717, 1.165) is 13.1 Å². The van der Waals surface area contributed by atoms with Crippen LogP contribution >= 0.6 is 0 Å². The van der Waals surface area contributed by atoms with Crippen LogP contribution in [0.3, 0.4) is 0 Å². The van der Waals surface area contributed by atoms with Crippen molar-refractivity contribution in [1.29, 1.82) is 0 Å². The van der Waals surface area contributed by atoms with Crippen LogP contribution in [0.1, 0.15) is 47.5 Å². The summed E-state index contributed by atoms with van der Waals surface area (Å²) < 4.78 is 0. The molecule has 0 fully saturated rings. The van der Waals surface area contributed by atoms with Gasteiger partial charge in [-0.3, -0.25) is 4.90 Å². The monoisotopic (exact) mass is 226 g/mol. The van der Waals surface area contributed by atoms with E-state index in [1.807, 2.05) is 0 Å². The molecule has 0 bridgehead atoms. The molecule has 0 spiro atoms. The summed E-state index contributed by atoms with van der Waals surface area (Å²) in [7, 11) is 0. The largest absolute Gasteiger partial charge is 0.308 e. The van der Waals surface area contributed by atoms with Gasteiger partial charge < -0.3 is 5.32 Å². The summed E-state index contributed by atoms with van der Waals surface area (Å²) in [5, 5.41) is 3.49. The first-order valence-electron chi connectivity index (χ1n) is 6.53. The van der Waals surface area contributed by atoms with Gasteiger partial charge in [0.1, 0.15) is 0 Å². The Morgan fingerprint density at radius 1 is 1.12 bits per heavy atom. The Labute approximate surface area is 102 Å². The second-order valence-electron chi connectivity index (χ2n) is 5.63. The Kier molecular flexibility index (Phi) is 7.69. The summed E-state index contributed by atoms with van der Waals surface area (Å²) in [6.45, 7) is 19.5. The maximum atomic E-state index is 4.16. The van der Waals surface area contributed by atoms with E-state index in [1.54, 1.807) is 0 Å². The molecule has 0 radical (unpaired) electrons. The first kappa shape index (κ1) is 15.7. The van der Waals surface area contributed by atoms with Crippen molar-refractivity contribution < 1.29 is 0 Å². The van der Waals surface area contributed by atoms with Crippen LogP contribution in [-0.2, 0) is 0 Å². The minimum Gasteiger partial charge on any atom is -0.308 e. The van der Waals surface area contributed by atoms with Crippen molar-refractivity contribution in [2.24, 2.45) is 0 Å². The number of nitrogens with zero attached hydrogens (tertiary/aromatic N) is 1. The molecule has 0 aromatic carbocycles. The summed E-state index contributed by atoms with van der Waals surface area (Å²) in [5.41, 5.74) is 1.47. The van der Waals surface area contributed by atoms with E-state index in [0.29, 0.717) is 0 Å². The lowest BCUT2D eigenvalue weighted by Crippen LogP contribution is -2.39. The third-order valence-corrected chi connectivity index (χ3v) is 2.40. The standard InChI is InChI=1S/C14H30N2/c1-7-9-16(10-8-2)12-13(3)11-15-14(4,5)6/h15H,3,7-12H2,1-2,4-6H3. The third kappa shape index (κ3) is 8.93. The van der Waals surface area contributed by atoms with E-state index < -0.39 is 0 Å². The fourth-order valence-electron chi connectivity index (χ4n) is 1.66. The van der Waals surface area contributed by atoms with Gasteiger partial charge >= 0.3 is 0 Å². The molecule has 1 N–H and O–H groups in total. The maximum Gasteiger partial charge on any atom is 0.0202 e. The van der Waals surface area contributed by atoms with Crippen LogP contribution in [0.25, 0.3) is 0 Å². The molecule has 0 aromatic heterocycles. The Morgan fingerprint density at radius 3 is 2.00 bits per heavy atom. The summed E-state index contributed by atoms with van der Waals surface area (Å²) in [6, 6.07) is 0. The predicted molar refractivity (Wildman–Crippen MR) is 73.9 cm³/mol. The van der Waals surface area contributed by atoms with Crippen molar-refractivity contribution in [3.05, 3.63) is 12.2 Å². The van der Waals surface area contributed by atoms with Crippen LogP contribution in [0.5, 0.6) is 0 Å². The fourth-order valence-corrected chi connectivity index (χ4v) is 1.66. The Bertz CT molecular complexity index is 185. The van der Waals surface area contributed by atoms with E-state index in [2.05, 4.69) is 51.4 Å². The van der Waals surface area contributed by atoms with Crippen LogP contribution in [0, 0.1) is 0 Å². The van der Waals surface area contributed by atoms with Gasteiger partial charge in [0, 0.05) is 18.6 Å². The highest BCUT2D eigenvalue weighted by Crippen LogP contribution is 2.03. The Balaban J connectivity index is 3.90. The molecule has 0 aromatic rings. The molecule has 2 nitrogen and oxygen atoms in total. The molecule has 0 saturated carbocycles. The van der Waals surface area contributed by atoms with Crippen molar-refractivity contribution >= 4 is 0 Å². The number of hydrogen-bond donors (Lipinski definition) is 1. The van der Waals surface area contributed by atoms with Gasteiger partial charge in [-0.1, -0.05) is 20.4 Å². The van der Waals surface area contributed by atoms with Crippen LogP contribution in [-0.4, -0.2) is 36.6 Å². The van der Waals surface area contributed by atoms with E-state index in [-0.39, 0.29) is 5.54 Å². The molecule has 2 heteroatoms.